The van der Waals surface area contributed by atoms with E-state index in [-0.39, 0.29) is 0 Å². The molecule has 3 nitrogen and oxygen atoms in total. The van der Waals surface area contributed by atoms with Crippen molar-refractivity contribution in [1.82, 2.24) is 0 Å². The van der Waals surface area contributed by atoms with Gasteiger partial charge in [-0.25, -0.2) is 0 Å². The highest BCUT2D eigenvalue weighted by atomic mass is 16.7. The molecule has 2 rings (SSSR count). The van der Waals surface area contributed by atoms with Crippen LogP contribution in [0.4, 0.5) is 0 Å². The fourth-order valence-corrected chi connectivity index (χ4v) is 1.34. The van der Waals surface area contributed by atoms with Gasteiger partial charge in [-0.3, -0.25) is 0 Å². The van der Waals surface area contributed by atoms with Crippen molar-refractivity contribution in [2.45, 2.75) is 0 Å². The minimum atomic E-state index is -0.750. The maximum absolute atomic E-state index is 5.52. The van der Waals surface area contributed by atoms with Crippen molar-refractivity contribution in [2.24, 2.45) is 0 Å². The first-order valence-corrected chi connectivity index (χ1v) is 5.34. The summed E-state index contributed by atoms with van der Waals surface area (Å²) in [5.74, 6) is 1.41. The molecule has 84 valence electrons. The molecule has 0 N–H and O–H groups in total. The van der Waals surface area contributed by atoms with E-state index in [2.05, 4.69) is 0 Å². The van der Waals surface area contributed by atoms with Gasteiger partial charge in [-0.1, -0.05) is 36.4 Å². The SMILES string of the molecule is BOB(Oc1ccccc1)Oc1ccccc1. The average molecular weight is 226 g/mol. The van der Waals surface area contributed by atoms with E-state index in [9.17, 15) is 0 Å². The van der Waals surface area contributed by atoms with E-state index < -0.39 is 7.32 Å². The second-order valence-electron chi connectivity index (χ2n) is 3.39. The van der Waals surface area contributed by atoms with E-state index in [1.54, 1.807) is 0 Å². The van der Waals surface area contributed by atoms with Crippen LogP contribution >= 0.6 is 0 Å². The average Bonchev–Trinajstić information content (AvgIpc) is 2.40. The van der Waals surface area contributed by atoms with Crippen LogP contribution in [0.5, 0.6) is 11.5 Å². The number of benzene rings is 2. The van der Waals surface area contributed by atoms with Crippen molar-refractivity contribution in [3.8, 4) is 11.5 Å². The Morgan fingerprint density at radius 1 is 0.706 bits per heavy atom. The van der Waals surface area contributed by atoms with Gasteiger partial charge in [0.15, 0.2) is 0 Å². The highest BCUT2D eigenvalue weighted by Crippen LogP contribution is 2.14. The third-order valence-electron chi connectivity index (χ3n) is 2.14. The topological polar surface area (TPSA) is 27.7 Å². The van der Waals surface area contributed by atoms with Crippen LogP contribution in [0.15, 0.2) is 60.7 Å². The largest absolute Gasteiger partial charge is 0.771 e. The zero-order chi connectivity index (χ0) is 11.9. The molecule has 0 saturated heterocycles. The van der Waals surface area contributed by atoms with Crippen LogP contribution in [0.25, 0.3) is 0 Å². The summed E-state index contributed by atoms with van der Waals surface area (Å²) in [6.45, 7) is 0. The van der Waals surface area contributed by atoms with Crippen LogP contribution in [0.2, 0.25) is 0 Å². The molecule has 0 unspecified atom stereocenters. The summed E-state index contributed by atoms with van der Waals surface area (Å²) in [7, 11) is 0.788. The monoisotopic (exact) mass is 226 g/mol. The predicted octanol–water partition coefficient (Wildman–Crippen LogP) is 1.69. The van der Waals surface area contributed by atoms with Crippen molar-refractivity contribution in [1.29, 1.82) is 0 Å². The molecule has 0 bridgehead atoms. The molecule has 0 aromatic heterocycles. The molecule has 0 radical (unpaired) electrons. The molecule has 0 atom stereocenters. The summed E-state index contributed by atoms with van der Waals surface area (Å²) < 4.78 is 16.2. The molecule has 0 amide bonds. The molecule has 0 aliphatic heterocycles. The lowest BCUT2D eigenvalue weighted by Crippen LogP contribution is -2.32. The number of hydrogen-bond acceptors (Lipinski definition) is 3. The Labute approximate surface area is 102 Å². The van der Waals surface area contributed by atoms with Crippen molar-refractivity contribution < 1.29 is 13.9 Å². The molecule has 17 heavy (non-hydrogen) atoms. The van der Waals surface area contributed by atoms with E-state index in [0.29, 0.717) is 11.5 Å². The lowest BCUT2D eigenvalue weighted by molar-refractivity contribution is 0.319. The predicted molar refractivity (Wildman–Crippen MR) is 69.5 cm³/mol. The Kier molecular flexibility index (Phi) is 4.11. The highest BCUT2D eigenvalue weighted by Gasteiger charge is 2.23. The van der Waals surface area contributed by atoms with Crippen LogP contribution in [0.1, 0.15) is 0 Å². The van der Waals surface area contributed by atoms with E-state index in [1.165, 1.54) is 8.05 Å². The Morgan fingerprint density at radius 3 is 1.47 bits per heavy atom. The molecule has 0 fully saturated rings. The zero-order valence-electron chi connectivity index (χ0n) is 9.58. The van der Waals surface area contributed by atoms with Crippen molar-refractivity contribution in [2.75, 3.05) is 0 Å². The van der Waals surface area contributed by atoms with Gasteiger partial charge in [-0.05, 0) is 24.3 Å². The lowest BCUT2D eigenvalue weighted by Gasteiger charge is -2.14. The molecule has 2 aromatic rings. The Hall–Kier alpha value is -1.87. The fourth-order valence-electron chi connectivity index (χ4n) is 1.34. The Morgan fingerprint density at radius 2 is 1.12 bits per heavy atom. The van der Waals surface area contributed by atoms with Crippen molar-refractivity contribution in [3.63, 3.8) is 0 Å². The molecular weight excluding hydrogens is 214 g/mol. The third-order valence-corrected chi connectivity index (χ3v) is 2.14. The van der Waals surface area contributed by atoms with Crippen LogP contribution < -0.4 is 9.31 Å². The van der Waals surface area contributed by atoms with Crippen LogP contribution in [0, 0.1) is 0 Å². The third kappa shape index (κ3) is 3.57. The standard InChI is InChI=1S/C12H12B2O3/c13-17-14(15-11-7-3-1-4-8-11)16-12-9-5-2-6-10-12/h1-10H,13H2. The molecule has 0 spiro atoms. The summed E-state index contributed by atoms with van der Waals surface area (Å²) in [5, 5.41) is 0. The maximum atomic E-state index is 5.52. The number of para-hydroxylation sites is 2. The highest BCUT2D eigenvalue weighted by molar-refractivity contribution is 6.43. The fraction of sp³-hybridized carbons (Fsp3) is 0. The number of rotatable bonds is 5. The Balaban J connectivity index is 1.98. The lowest BCUT2D eigenvalue weighted by atomic mass is 10.2. The summed E-state index contributed by atoms with van der Waals surface area (Å²) in [5.41, 5.74) is 0. The second-order valence-corrected chi connectivity index (χ2v) is 3.39. The van der Waals surface area contributed by atoms with Gasteiger partial charge in [0.1, 0.15) is 11.5 Å². The summed E-state index contributed by atoms with van der Waals surface area (Å²) >= 11 is 0. The van der Waals surface area contributed by atoms with Gasteiger partial charge in [-0.15, -0.1) is 0 Å². The van der Waals surface area contributed by atoms with Gasteiger partial charge < -0.3 is 13.9 Å². The van der Waals surface area contributed by atoms with Crippen LogP contribution in [0.3, 0.4) is 0 Å². The van der Waals surface area contributed by atoms with Gasteiger partial charge in [-0.2, -0.15) is 0 Å². The zero-order valence-corrected chi connectivity index (χ0v) is 9.58. The summed E-state index contributed by atoms with van der Waals surface area (Å²) in [6, 6.07) is 18.8. The maximum Gasteiger partial charge on any atom is 0.771 e. The second kappa shape index (κ2) is 6.01. The summed E-state index contributed by atoms with van der Waals surface area (Å²) in [4.78, 5) is 0. The van der Waals surface area contributed by atoms with Gasteiger partial charge in [0, 0.05) is 0 Å². The van der Waals surface area contributed by atoms with Gasteiger partial charge in [0.25, 0.3) is 0 Å². The molecular formula is C12H12B2O3. The van der Waals surface area contributed by atoms with E-state index in [1.807, 2.05) is 60.7 Å². The summed E-state index contributed by atoms with van der Waals surface area (Å²) in [6.07, 6.45) is 0. The van der Waals surface area contributed by atoms with E-state index >= 15 is 0 Å². The van der Waals surface area contributed by atoms with Crippen molar-refractivity contribution >= 4 is 15.4 Å². The van der Waals surface area contributed by atoms with Gasteiger partial charge in [0.05, 0.1) is 0 Å². The molecule has 0 heterocycles. The molecule has 0 aliphatic rings. The smallest absolute Gasteiger partial charge is 0.502 e. The van der Waals surface area contributed by atoms with Crippen molar-refractivity contribution in [3.05, 3.63) is 60.7 Å². The number of hydrogen-bond donors (Lipinski definition) is 0. The van der Waals surface area contributed by atoms with Gasteiger partial charge >= 0.3 is 7.32 Å². The normalized spacial score (nSPS) is 9.65. The van der Waals surface area contributed by atoms with E-state index in [4.69, 9.17) is 13.9 Å². The quantitative estimate of drug-likeness (QED) is 0.726. The van der Waals surface area contributed by atoms with E-state index in [0.717, 1.165) is 0 Å². The van der Waals surface area contributed by atoms with Crippen LogP contribution in [-0.4, -0.2) is 15.4 Å². The first-order chi connectivity index (χ1) is 8.38. The molecule has 0 aliphatic carbocycles. The molecule has 2 aromatic carbocycles. The molecule has 0 saturated carbocycles. The minimum absolute atomic E-state index is 0.704. The Bertz CT molecular complexity index is 395. The first kappa shape index (κ1) is 11.6. The van der Waals surface area contributed by atoms with Gasteiger partial charge in [0.2, 0.25) is 8.05 Å². The van der Waals surface area contributed by atoms with Crippen LogP contribution in [-0.2, 0) is 4.57 Å². The minimum Gasteiger partial charge on any atom is -0.502 e. The molecule has 5 heteroatoms. The first-order valence-electron chi connectivity index (χ1n) is 5.34.